The van der Waals surface area contributed by atoms with Gasteiger partial charge in [0, 0.05) is 56.1 Å². The van der Waals surface area contributed by atoms with Crippen molar-refractivity contribution in [2.45, 2.75) is 57.7 Å². The number of likely N-dealkylation sites (tertiary alicyclic amines) is 1. The predicted molar refractivity (Wildman–Crippen MR) is 122 cm³/mol. The van der Waals surface area contributed by atoms with Crippen LogP contribution in [0.15, 0.2) is 12.3 Å². The number of hydrogen-bond donors (Lipinski definition) is 3. The lowest BCUT2D eigenvalue weighted by atomic mass is 9.94. The SMILES string of the molecule is CNC(C)C(CN)C(=O)N1CCCC[C@H]1c1cc2nc(N3CC[C@H](N)C3)c(C)cn2n1. The van der Waals surface area contributed by atoms with Gasteiger partial charge in [-0.15, -0.1) is 0 Å². The van der Waals surface area contributed by atoms with Crippen LogP contribution >= 0.6 is 0 Å². The standard InChI is InChI=1S/C22H36N8O/c1-14-12-30-20(26-21(14)28-9-7-16(24)13-28)10-18(27-30)19-6-4-5-8-29(19)22(31)17(11-23)15(2)25-3/h10,12,15-17,19,25H,4-9,11,13,23-24H2,1-3H3/t15?,16-,17?,19-/m0/s1. The monoisotopic (exact) mass is 428 g/mol. The number of fused-ring (bicyclic) bond motifs is 1. The second-order valence-electron chi connectivity index (χ2n) is 9.08. The number of nitrogens with one attached hydrogen (secondary N) is 1. The number of aromatic nitrogens is 3. The Morgan fingerprint density at radius 3 is 2.81 bits per heavy atom. The maximum absolute atomic E-state index is 13.4. The molecule has 5 N–H and O–H groups in total. The number of carbonyl (C=O) groups excluding carboxylic acids is 1. The van der Waals surface area contributed by atoms with Gasteiger partial charge in [-0.05, 0) is 46.6 Å². The van der Waals surface area contributed by atoms with Crippen molar-refractivity contribution in [3.05, 3.63) is 23.5 Å². The number of piperidine rings is 1. The first kappa shape index (κ1) is 22.0. The normalized spacial score (nSPS) is 24.0. The highest BCUT2D eigenvalue weighted by molar-refractivity contribution is 5.80. The van der Waals surface area contributed by atoms with E-state index in [1.807, 2.05) is 35.6 Å². The van der Waals surface area contributed by atoms with E-state index < -0.39 is 0 Å². The van der Waals surface area contributed by atoms with Crippen LogP contribution < -0.4 is 21.7 Å². The van der Waals surface area contributed by atoms with Crippen LogP contribution in [0.1, 0.15) is 49.9 Å². The molecule has 2 aliphatic rings. The predicted octanol–water partition coefficient (Wildman–Crippen LogP) is 0.812. The fourth-order valence-electron chi connectivity index (χ4n) is 4.92. The average Bonchev–Trinajstić information content (AvgIpc) is 3.38. The minimum Gasteiger partial charge on any atom is -0.355 e. The molecule has 9 heteroatoms. The second-order valence-corrected chi connectivity index (χ2v) is 9.08. The fraction of sp³-hybridized carbons (Fsp3) is 0.682. The van der Waals surface area contributed by atoms with E-state index in [1.165, 1.54) is 0 Å². The minimum absolute atomic E-state index is 0.0276. The van der Waals surface area contributed by atoms with Crippen LogP contribution in [-0.4, -0.2) is 70.7 Å². The topological polar surface area (TPSA) is 118 Å². The molecule has 0 aromatic carbocycles. The van der Waals surface area contributed by atoms with Gasteiger partial charge in [0.15, 0.2) is 5.65 Å². The summed E-state index contributed by atoms with van der Waals surface area (Å²) >= 11 is 0. The van der Waals surface area contributed by atoms with Gasteiger partial charge < -0.3 is 26.6 Å². The highest BCUT2D eigenvalue weighted by Crippen LogP contribution is 2.33. The summed E-state index contributed by atoms with van der Waals surface area (Å²) in [5, 5.41) is 8.02. The number of rotatable bonds is 6. The summed E-state index contributed by atoms with van der Waals surface area (Å²) in [6, 6.07) is 2.23. The average molecular weight is 429 g/mol. The van der Waals surface area contributed by atoms with Crippen molar-refractivity contribution in [3.8, 4) is 0 Å². The quantitative estimate of drug-likeness (QED) is 0.623. The van der Waals surface area contributed by atoms with Crippen LogP contribution in [0.3, 0.4) is 0 Å². The summed E-state index contributed by atoms with van der Waals surface area (Å²) in [5.41, 5.74) is 14.9. The molecule has 0 bridgehead atoms. The first-order chi connectivity index (χ1) is 14.9. The van der Waals surface area contributed by atoms with Crippen molar-refractivity contribution in [1.29, 1.82) is 0 Å². The summed E-state index contributed by atoms with van der Waals surface area (Å²) in [4.78, 5) is 22.5. The van der Waals surface area contributed by atoms with Crippen molar-refractivity contribution in [2.24, 2.45) is 17.4 Å². The van der Waals surface area contributed by atoms with Crippen molar-refractivity contribution in [1.82, 2.24) is 24.8 Å². The lowest BCUT2D eigenvalue weighted by Gasteiger charge is -2.38. The molecule has 170 valence electrons. The van der Waals surface area contributed by atoms with E-state index in [2.05, 4.69) is 17.1 Å². The van der Waals surface area contributed by atoms with E-state index in [1.54, 1.807) is 0 Å². The zero-order chi connectivity index (χ0) is 22.1. The third-order valence-electron chi connectivity index (χ3n) is 6.91. The van der Waals surface area contributed by atoms with E-state index in [9.17, 15) is 4.79 Å². The minimum atomic E-state index is -0.242. The van der Waals surface area contributed by atoms with Gasteiger partial charge in [-0.2, -0.15) is 5.10 Å². The smallest absolute Gasteiger partial charge is 0.229 e. The molecule has 2 aliphatic heterocycles. The number of carbonyl (C=O) groups is 1. The van der Waals surface area contributed by atoms with Crippen molar-refractivity contribution >= 4 is 17.4 Å². The Hall–Kier alpha value is -2.23. The van der Waals surface area contributed by atoms with Crippen LogP contribution in [0.5, 0.6) is 0 Å². The molecule has 9 nitrogen and oxygen atoms in total. The van der Waals surface area contributed by atoms with Gasteiger partial charge in [0.25, 0.3) is 0 Å². The number of nitrogens with zero attached hydrogens (tertiary/aromatic N) is 5. The van der Waals surface area contributed by atoms with E-state index in [-0.39, 0.29) is 30.0 Å². The van der Waals surface area contributed by atoms with Gasteiger partial charge in [0.2, 0.25) is 5.91 Å². The molecule has 4 rings (SSSR count). The third kappa shape index (κ3) is 4.26. The number of aryl methyl sites for hydroxylation is 1. The van der Waals surface area contributed by atoms with Crippen molar-refractivity contribution < 1.29 is 4.79 Å². The molecule has 2 unspecified atom stereocenters. The van der Waals surface area contributed by atoms with E-state index in [0.717, 1.165) is 68.0 Å². The summed E-state index contributed by atoms with van der Waals surface area (Å²) < 4.78 is 1.85. The maximum atomic E-state index is 13.4. The second kappa shape index (κ2) is 9.10. The molecule has 0 saturated carbocycles. The molecule has 2 fully saturated rings. The summed E-state index contributed by atoms with van der Waals surface area (Å²) in [7, 11) is 1.87. The summed E-state index contributed by atoms with van der Waals surface area (Å²) in [6.45, 7) is 6.92. The van der Waals surface area contributed by atoms with Gasteiger partial charge in [-0.1, -0.05) is 0 Å². The number of nitrogens with two attached hydrogens (primary N) is 2. The number of anilines is 1. The van der Waals surface area contributed by atoms with Crippen molar-refractivity contribution in [2.75, 3.05) is 38.1 Å². The Morgan fingerprint density at radius 2 is 2.13 bits per heavy atom. The zero-order valence-electron chi connectivity index (χ0n) is 18.9. The van der Waals surface area contributed by atoms with Crippen LogP contribution in [0, 0.1) is 12.8 Å². The highest BCUT2D eigenvalue weighted by atomic mass is 16.2. The first-order valence-electron chi connectivity index (χ1n) is 11.5. The van der Waals surface area contributed by atoms with Crippen LogP contribution in [0.4, 0.5) is 5.82 Å². The molecule has 31 heavy (non-hydrogen) atoms. The summed E-state index contributed by atoms with van der Waals surface area (Å²) in [6.07, 6.45) is 6.03. The molecule has 2 aromatic rings. The first-order valence-corrected chi connectivity index (χ1v) is 11.5. The lowest BCUT2D eigenvalue weighted by Crippen LogP contribution is -2.49. The van der Waals surface area contributed by atoms with Crippen LogP contribution in [0.25, 0.3) is 5.65 Å². The van der Waals surface area contributed by atoms with E-state index in [4.69, 9.17) is 21.5 Å². The lowest BCUT2D eigenvalue weighted by molar-refractivity contribution is -0.140. The van der Waals surface area contributed by atoms with Gasteiger partial charge in [-0.3, -0.25) is 4.79 Å². The molecule has 0 radical (unpaired) electrons. The van der Waals surface area contributed by atoms with Crippen LogP contribution in [-0.2, 0) is 4.79 Å². The molecule has 0 spiro atoms. The molecule has 0 aliphatic carbocycles. The Bertz CT molecular complexity index is 928. The Morgan fingerprint density at radius 1 is 1.32 bits per heavy atom. The number of amides is 1. The Balaban J connectivity index is 1.63. The van der Waals surface area contributed by atoms with E-state index in [0.29, 0.717) is 6.54 Å². The third-order valence-corrected chi connectivity index (χ3v) is 6.91. The van der Waals surface area contributed by atoms with Gasteiger partial charge in [0.05, 0.1) is 17.7 Å². The maximum Gasteiger partial charge on any atom is 0.229 e. The van der Waals surface area contributed by atoms with Crippen LogP contribution in [0.2, 0.25) is 0 Å². The molecule has 2 saturated heterocycles. The number of hydrogen-bond acceptors (Lipinski definition) is 7. The summed E-state index contributed by atoms with van der Waals surface area (Å²) in [5.74, 6) is 0.852. The van der Waals surface area contributed by atoms with Gasteiger partial charge in [0.1, 0.15) is 5.82 Å². The molecule has 4 heterocycles. The fourth-order valence-corrected chi connectivity index (χ4v) is 4.92. The molecule has 4 atom stereocenters. The largest absolute Gasteiger partial charge is 0.355 e. The zero-order valence-corrected chi connectivity index (χ0v) is 18.9. The molecule has 2 aromatic heterocycles. The van der Waals surface area contributed by atoms with Crippen molar-refractivity contribution in [3.63, 3.8) is 0 Å². The molecular weight excluding hydrogens is 392 g/mol. The Kier molecular flexibility index (Phi) is 6.45. The molecular formula is C22H36N8O. The van der Waals surface area contributed by atoms with Gasteiger partial charge >= 0.3 is 0 Å². The highest BCUT2D eigenvalue weighted by Gasteiger charge is 2.35. The van der Waals surface area contributed by atoms with E-state index >= 15 is 0 Å². The van der Waals surface area contributed by atoms with Gasteiger partial charge in [-0.25, -0.2) is 9.50 Å². The Labute approximate surface area is 184 Å². The molecule has 1 amide bonds.